The van der Waals surface area contributed by atoms with Gasteiger partial charge in [0.05, 0.1) is 6.04 Å². The maximum Gasteiger partial charge on any atom is 0.291 e. The average Bonchev–Trinajstić information content (AvgIpc) is 3.08. The smallest absolute Gasteiger partial charge is 0.291 e. The average molecular weight is 399 g/mol. The number of nitrogens with one attached hydrogen (secondary N) is 3. The fourth-order valence-corrected chi connectivity index (χ4v) is 3.50. The van der Waals surface area contributed by atoms with Crippen molar-refractivity contribution in [2.45, 2.75) is 37.8 Å². The van der Waals surface area contributed by atoms with Crippen LogP contribution in [0, 0.1) is 5.82 Å². The highest BCUT2D eigenvalue weighted by Gasteiger charge is 2.31. The Kier molecular flexibility index (Phi) is 5.20. The van der Waals surface area contributed by atoms with Crippen molar-refractivity contribution in [1.82, 2.24) is 25.8 Å². The van der Waals surface area contributed by atoms with E-state index in [1.54, 1.807) is 18.2 Å². The van der Waals surface area contributed by atoms with Crippen molar-refractivity contribution < 1.29 is 18.4 Å². The summed E-state index contributed by atoms with van der Waals surface area (Å²) in [5.74, 6) is -1.29. The van der Waals surface area contributed by atoms with E-state index in [-0.39, 0.29) is 42.3 Å². The van der Waals surface area contributed by atoms with Gasteiger partial charge in [-0.1, -0.05) is 18.2 Å². The topological polar surface area (TPSA) is 99.8 Å². The van der Waals surface area contributed by atoms with Crippen LogP contribution in [-0.4, -0.2) is 39.1 Å². The van der Waals surface area contributed by atoms with Crippen LogP contribution in [0.15, 0.2) is 47.8 Å². The molecule has 0 radical (unpaired) electrons. The molecule has 1 aliphatic carbocycles. The molecule has 1 aromatic heterocycles. The molecule has 150 valence electrons. The summed E-state index contributed by atoms with van der Waals surface area (Å²) in [7, 11) is 0. The van der Waals surface area contributed by atoms with Gasteiger partial charge in [-0.05, 0) is 42.2 Å². The number of aromatic nitrogens is 3. The third kappa shape index (κ3) is 4.39. The molecule has 2 amide bonds. The van der Waals surface area contributed by atoms with E-state index in [1.807, 2.05) is 0 Å². The lowest BCUT2D eigenvalue weighted by Gasteiger charge is -2.21. The molecule has 3 N–H and O–H groups in total. The summed E-state index contributed by atoms with van der Waals surface area (Å²) in [6, 6.07) is 4.92. The highest BCUT2D eigenvalue weighted by molar-refractivity contribution is 5.95. The summed E-state index contributed by atoms with van der Waals surface area (Å²) in [6.07, 6.45) is 4.47. The molecule has 1 aliphatic heterocycles. The first-order valence-corrected chi connectivity index (χ1v) is 9.30. The second-order valence-electron chi connectivity index (χ2n) is 7.10. The number of benzene rings is 1. The molecule has 9 heteroatoms. The highest BCUT2D eigenvalue weighted by Crippen LogP contribution is 2.26. The zero-order valence-corrected chi connectivity index (χ0v) is 15.4. The summed E-state index contributed by atoms with van der Waals surface area (Å²) < 4.78 is 26.8. The lowest BCUT2D eigenvalue weighted by atomic mass is 9.95. The van der Waals surface area contributed by atoms with Crippen LogP contribution in [0.3, 0.4) is 0 Å². The molecule has 2 atom stereocenters. The van der Waals surface area contributed by atoms with Gasteiger partial charge in [0.2, 0.25) is 11.7 Å². The largest absolute Gasteiger partial charge is 0.347 e. The summed E-state index contributed by atoms with van der Waals surface area (Å²) in [6.45, 7) is 0. The summed E-state index contributed by atoms with van der Waals surface area (Å²) in [4.78, 5) is 29.0. The Morgan fingerprint density at radius 1 is 1.28 bits per heavy atom. The van der Waals surface area contributed by atoms with E-state index in [1.165, 1.54) is 18.2 Å². The number of nitrogens with zero attached hydrogens (tertiary/aromatic N) is 2. The molecule has 0 spiro atoms. The minimum absolute atomic E-state index is 0.0993. The molecule has 1 unspecified atom stereocenters. The standard InChI is InChI=1S/C20H19F2N5O2/c21-13-3-1-2-11(8-13)9-17-25-18(27-26-17)20(29)23-15-7-5-12-4-6-14(22)10-16(12)24-19(15)28/h1-4,6,8,15-16H,5,7,9-10H2,(H,23,29)(H,24,28)(H,25,26,27)/t15-,16?/m0/s1. The third-order valence-corrected chi connectivity index (χ3v) is 4.98. The number of halogens is 2. The Hall–Kier alpha value is -3.36. The van der Waals surface area contributed by atoms with E-state index < -0.39 is 11.9 Å². The van der Waals surface area contributed by atoms with Crippen molar-refractivity contribution >= 4 is 11.8 Å². The molecule has 7 nitrogen and oxygen atoms in total. The van der Waals surface area contributed by atoms with Crippen LogP contribution in [0.2, 0.25) is 0 Å². The summed E-state index contributed by atoms with van der Waals surface area (Å²) in [5, 5.41) is 12.0. The molecule has 29 heavy (non-hydrogen) atoms. The van der Waals surface area contributed by atoms with Crippen molar-refractivity contribution in [3.8, 4) is 0 Å². The number of rotatable bonds is 4. The van der Waals surface area contributed by atoms with Crippen LogP contribution in [-0.2, 0) is 11.2 Å². The zero-order chi connectivity index (χ0) is 20.4. The van der Waals surface area contributed by atoms with Crippen LogP contribution in [0.1, 0.15) is 41.3 Å². The van der Waals surface area contributed by atoms with Gasteiger partial charge < -0.3 is 10.6 Å². The van der Waals surface area contributed by atoms with Gasteiger partial charge in [-0.15, -0.1) is 5.10 Å². The Labute approximate surface area is 165 Å². The molecule has 1 fully saturated rings. The summed E-state index contributed by atoms with van der Waals surface area (Å²) in [5.41, 5.74) is 1.62. The Morgan fingerprint density at radius 3 is 2.97 bits per heavy atom. The van der Waals surface area contributed by atoms with Gasteiger partial charge in [0, 0.05) is 12.8 Å². The third-order valence-electron chi connectivity index (χ3n) is 4.98. The molecular formula is C20H19F2N5O2. The van der Waals surface area contributed by atoms with Gasteiger partial charge >= 0.3 is 0 Å². The lowest BCUT2D eigenvalue weighted by molar-refractivity contribution is -0.123. The Balaban J connectivity index is 1.39. The van der Waals surface area contributed by atoms with E-state index in [2.05, 4.69) is 25.8 Å². The molecule has 4 rings (SSSR count). The number of carbonyl (C=O) groups excluding carboxylic acids is 2. The maximum atomic E-state index is 13.5. The molecule has 2 heterocycles. The summed E-state index contributed by atoms with van der Waals surface area (Å²) >= 11 is 0. The minimum atomic E-state index is -0.762. The number of aromatic amines is 1. The Bertz CT molecular complexity index is 1010. The van der Waals surface area contributed by atoms with Gasteiger partial charge in [-0.25, -0.2) is 13.8 Å². The van der Waals surface area contributed by atoms with Crippen LogP contribution in [0.5, 0.6) is 0 Å². The zero-order valence-electron chi connectivity index (χ0n) is 15.4. The number of fused-ring (bicyclic) bond motifs is 1. The number of hydrogen-bond donors (Lipinski definition) is 3. The van der Waals surface area contributed by atoms with Gasteiger partial charge in [0.25, 0.3) is 5.91 Å². The van der Waals surface area contributed by atoms with Crippen molar-refractivity contribution in [2.75, 3.05) is 0 Å². The van der Waals surface area contributed by atoms with Crippen LogP contribution in [0.4, 0.5) is 8.78 Å². The first-order chi connectivity index (χ1) is 14.0. The predicted molar refractivity (Wildman–Crippen MR) is 99.9 cm³/mol. The molecule has 0 bridgehead atoms. The quantitative estimate of drug-likeness (QED) is 0.733. The molecule has 2 aromatic rings. The van der Waals surface area contributed by atoms with Crippen molar-refractivity contribution in [1.29, 1.82) is 0 Å². The maximum absolute atomic E-state index is 13.5. The highest BCUT2D eigenvalue weighted by atomic mass is 19.1. The molecular weight excluding hydrogens is 380 g/mol. The van der Waals surface area contributed by atoms with Gasteiger partial charge in [-0.2, -0.15) is 0 Å². The Morgan fingerprint density at radius 2 is 2.14 bits per heavy atom. The van der Waals surface area contributed by atoms with Crippen LogP contribution >= 0.6 is 0 Å². The molecule has 1 saturated heterocycles. The van der Waals surface area contributed by atoms with Gasteiger partial charge in [0.1, 0.15) is 23.5 Å². The minimum Gasteiger partial charge on any atom is -0.347 e. The van der Waals surface area contributed by atoms with Gasteiger partial charge in [0.15, 0.2) is 0 Å². The SMILES string of the molecule is O=C(N[C@H]1CCC2=CC=C(F)CC2NC1=O)c1n[nH]c(Cc2cccc(F)c2)n1. The number of H-pyrrole nitrogens is 1. The molecule has 2 aliphatic rings. The number of hydrogen-bond acceptors (Lipinski definition) is 4. The number of allylic oxidation sites excluding steroid dienone is 2. The lowest BCUT2D eigenvalue weighted by Crippen LogP contribution is -2.48. The van der Waals surface area contributed by atoms with E-state index in [9.17, 15) is 18.4 Å². The normalized spacial score (nSPS) is 21.4. The van der Waals surface area contributed by atoms with E-state index in [0.29, 0.717) is 24.2 Å². The number of carbonyl (C=O) groups is 2. The van der Waals surface area contributed by atoms with Crippen molar-refractivity contribution in [2.24, 2.45) is 0 Å². The fourth-order valence-electron chi connectivity index (χ4n) is 3.50. The van der Waals surface area contributed by atoms with Crippen LogP contribution < -0.4 is 10.6 Å². The van der Waals surface area contributed by atoms with E-state index in [4.69, 9.17) is 0 Å². The van der Waals surface area contributed by atoms with E-state index >= 15 is 0 Å². The van der Waals surface area contributed by atoms with Crippen molar-refractivity contribution in [3.63, 3.8) is 0 Å². The fraction of sp³-hybridized carbons (Fsp3) is 0.300. The second kappa shape index (κ2) is 7.94. The predicted octanol–water partition coefficient (Wildman–Crippen LogP) is 2.10. The van der Waals surface area contributed by atoms with Crippen molar-refractivity contribution in [3.05, 3.63) is 70.8 Å². The first-order valence-electron chi connectivity index (χ1n) is 9.30. The molecule has 0 saturated carbocycles. The monoisotopic (exact) mass is 399 g/mol. The van der Waals surface area contributed by atoms with E-state index in [0.717, 1.165) is 5.57 Å². The van der Waals surface area contributed by atoms with Crippen LogP contribution in [0.25, 0.3) is 0 Å². The molecule has 1 aromatic carbocycles. The first kappa shape index (κ1) is 19.0. The number of amides is 2. The second-order valence-corrected chi connectivity index (χ2v) is 7.10. The van der Waals surface area contributed by atoms with Gasteiger partial charge in [-0.3, -0.25) is 14.7 Å².